The smallest absolute Gasteiger partial charge is 0.134 e. The highest BCUT2D eigenvalue weighted by Gasteiger charge is 2.55. The standard InChI is InChI=1S/C59H37N3O/c1-2-15-37-32-38(29-28-36(37)14-1)60-50-23-8-4-17-41(50)44-33-39(30-31-53(44)60)61-51-24-9-5-18-42(51)45-34-49-57(35-55(45)61)63-56-27-12-7-21-47(56)59(49)46-20-6-11-26-54(46)62-52-25-10-3-16-40(52)43-19-13-22-48(59)58(43)62/h1-18,20-35,43H,19H2. The quantitative estimate of drug-likeness (QED) is 0.174. The second-order valence-electron chi connectivity index (χ2n) is 17.6. The zero-order valence-corrected chi connectivity index (χ0v) is 34.2. The van der Waals surface area contributed by atoms with Crippen molar-refractivity contribution in [3.8, 4) is 22.9 Å². The molecule has 4 heteroatoms. The average Bonchev–Trinajstić information content (AvgIpc) is 3.98. The molecule has 0 saturated carbocycles. The van der Waals surface area contributed by atoms with Gasteiger partial charge in [-0.3, -0.25) is 0 Å². The average molecular weight is 804 g/mol. The van der Waals surface area contributed by atoms with Gasteiger partial charge < -0.3 is 18.8 Å². The minimum atomic E-state index is -0.606. The maximum atomic E-state index is 7.16. The van der Waals surface area contributed by atoms with Gasteiger partial charge in [0, 0.05) is 67.4 Å². The van der Waals surface area contributed by atoms with E-state index in [0.29, 0.717) is 0 Å². The Bertz CT molecular complexity index is 3900. The van der Waals surface area contributed by atoms with E-state index >= 15 is 0 Å². The number of anilines is 2. The highest BCUT2D eigenvalue weighted by molar-refractivity contribution is 6.13. The molecular formula is C59H37N3O. The van der Waals surface area contributed by atoms with Crippen LogP contribution in [-0.4, -0.2) is 9.13 Å². The first-order valence-electron chi connectivity index (χ1n) is 22.0. The van der Waals surface area contributed by atoms with E-state index in [9.17, 15) is 0 Å². The number of hydrogen-bond donors (Lipinski definition) is 0. The molecule has 2 atom stereocenters. The van der Waals surface area contributed by atoms with Crippen molar-refractivity contribution in [1.82, 2.24) is 9.13 Å². The van der Waals surface area contributed by atoms with Crippen molar-refractivity contribution in [3.63, 3.8) is 0 Å². The van der Waals surface area contributed by atoms with Crippen molar-refractivity contribution in [3.05, 3.63) is 240 Å². The van der Waals surface area contributed by atoms with E-state index in [-0.39, 0.29) is 5.92 Å². The lowest BCUT2D eigenvalue weighted by atomic mass is 9.59. The van der Waals surface area contributed by atoms with E-state index in [1.54, 1.807) is 0 Å². The highest BCUT2D eigenvalue weighted by Crippen LogP contribution is 2.66. The third-order valence-electron chi connectivity index (χ3n) is 14.6. The van der Waals surface area contributed by atoms with Crippen LogP contribution in [0.15, 0.2) is 218 Å². The molecule has 15 rings (SSSR count). The van der Waals surface area contributed by atoms with Gasteiger partial charge in [-0.1, -0.05) is 133 Å². The molecule has 0 bridgehead atoms. The van der Waals surface area contributed by atoms with Crippen LogP contribution in [0.2, 0.25) is 0 Å². The van der Waals surface area contributed by atoms with Gasteiger partial charge >= 0.3 is 0 Å². The third kappa shape index (κ3) is 4.21. The Morgan fingerprint density at radius 1 is 0.444 bits per heavy atom. The van der Waals surface area contributed by atoms with Gasteiger partial charge in [-0.15, -0.1) is 0 Å². The normalized spacial score (nSPS) is 18.0. The van der Waals surface area contributed by atoms with Gasteiger partial charge in [0.05, 0.1) is 33.2 Å². The summed E-state index contributed by atoms with van der Waals surface area (Å²) >= 11 is 0. The maximum absolute atomic E-state index is 7.16. The van der Waals surface area contributed by atoms with E-state index in [2.05, 4.69) is 220 Å². The summed E-state index contributed by atoms with van der Waals surface area (Å²) in [7, 11) is 0. The number of hydrogen-bond acceptors (Lipinski definition) is 2. The minimum Gasteiger partial charge on any atom is -0.457 e. The second-order valence-corrected chi connectivity index (χ2v) is 17.6. The monoisotopic (exact) mass is 803 g/mol. The highest BCUT2D eigenvalue weighted by atomic mass is 16.5. The number of ether oxygens (including phenoxy) is 1. The lowest BCUT2D eigenvalue weighted by Crippen LogP contribution is -2.41. The summed E-state index contributed by atoms with van der Waals surface area (Å²) in [6.07, 6.45) is 5.83. The molecule has 294 valence electrons. The first-order chi connectivity index (χ1) is 31.3. The molecule has 5 heterocycles. The number of rotatable bonds is 2. The molecule has 0 N–H and O–H groups in total. The largest absolute Gasteiger partial charge is 0.457 e. The number of fused-ring (bicyclic) bond motifs is 18. The number of allylic oxidation sites excluding steroid dienone is 4. The molecule has 2 aromatic heterocycles. The van der Waals surface area contributed by atoms with Crippen molar-refractivity contribution < 1.29 is 4.74 Å². The zero-order chi connectivity index (χ0) is 41.0. The molecule has 2 unspecified atom stereocenters. The number of para-hydroxylation sites is 5. The van der Waals surface area contributed by atoms with Crippen molar-refractivity contribution in [2.24, 2.45) is 0 Å². The molecule has 1 spiro atoms. The van der Waals surface area contributed by atoms with E-state index in [1.165, 1.54) is 93.8 Å². The predicted molar refractivity (Wildman–Crippen MR) is 258 cm³/mol. The summed E-state index contributed by atoms with van der Waals surface area (Å²) in [6.45, 7) is 0. The SMILES string of the molecule is C1=CC2=C3C(C1)c1ccccc1N3c1ccccc1C21c2ccccc2Oc2cc3c(cc21)c1ccccc1n3-c1ccc2c(c1)c1ccccc1n2-c1ccc2ccccc2c1. The van der Waals surface area contributed by atoms with E-state index in [0.717, 1.165) is 34.8 Å². The fourth-order valence-corrected chi connectivity index (χ4v) is 12.1. The first kappa shape index (κ1) is 33.6. The molecule has 4 nitrogen and oxygen atoms in total. The fraction of sp³-hybridized carbons (Fsp3) is 0.0508. The van der Waals surface area contributed by atoms with Crippen LogP contribution in [0.3, 0.4) is 0 Å². The van der Waals surface area contributed by atoms with Crippen LogP contribution in [0.25, 0.3) is 65.8 Å². The number of aromatic nitrogens is 2. The summed E-state index contributed by atoms with van der Waals surface area (Å²) in [4.78, 5) is 2.56. The summed E-state index contributed by atoms with van der Waals surface area (Å²) in [5, 5.41) is 7.36. The molecule has 0 saturated heterocycles. The zero-order valence-electron chi connectivity index (χ0n) is 34.2. The van der Waals surface area contributed by atoms with Crippen molar-refractivity contribution in [2.45, 2.75) is 17.8 Å². The number of nitrogens with zero attached hydrogens (tertiary/aromatic N) is 3. The molecular weight excluding hydrogens is 767 g/mol. The van der Waals surface area contributed by atoms with Gasteiger partial charge in [-0.05, 0) is 101 Å². The lowest BCUT2D eigenvalue weighted by molar-refractivity contribution is 0.432. The topological polar surface area (TPSA) is 22.3 Å². The molecule has 1 aliphatic carbocycles. The Labute approximate surface area is 363 Å². The molecule has 11 aromatic rings. The van der Waals surface area contributed by atoms with Gasteiger partial charge in [0.1, 0.15) is 11.5 Å². The van der Waals surface area contributed by atoms with Crippen LogP contribution >= 0.6 is 0 Å². The van der Waals surface area contributed by atoms with Crippen molar-refractivity contribution in [2.75, 3.05) is 4.90 Å². The van der Waals surface area contributed by atoms with Crippen LogP contribution in [0.4, 0.5) is 11.4 Å². The summed E-state index contributed by atoms with van der Waals surface area (Å²) < 4.78 is 12.0. The van der Waals surface area contributed by atoms with Gasteiger partial charge in [0.2, 0.25) is 0 Å². The molecule has 3 aliphatic heterocycles. The van der Waals surface area contributed by atoms with Gasteiger partial charge in [-0.2, -0.15) is 0 Å². The van der Waals surface area contributed by atoms with Crippen molar-refractivity contribution >= 4 is 65.8 Å². The summed E-state index contributed by atoms with van der Waals surface area (Å²) in [5.74, 6) is 2.07. The molecule has 63 heavy (non-hydrogen) atoms. The predicted octanol–water partition coefficient (Wildman–Crippen LogP) is 14.9. The Morgan fingerprint density at radius 2 is 1.08 bits per heavy atom. The molecule has 9 aromatic carbocycles. The lowest BCUT2D eigenvalue weighted by Gasteiger charge is -2.49. The minimum absolute atomic E-state index is 0.276. The Morgan fingerprint density at radius 3 is 1.94 bits per heavy atom. The van der Waals surface area contributed by atoms with Crippen LogP contribution in [0, 0.1) is 0 Å². The Hall–Kier alpha value is -8.08. The van der Waals surface area contributed by atoms with E-state index in [4.69, 9.17) is 4.74 Å². The van der Waals surface area contributed by atoms with Crippen LogP contribution in [-0.2, 0) is 5.41 Å². The van der Waals surface area contributed by atoms with Crippen LogP contribution < -0.4 is 9.64 Å². The van der Waals surface area contributed by atoms with E-state index in [1.807, 2.05) is 0 Å². The second kappa shape index (κ2) is 12.1. The Kier molecular flexibility index (Phi) is 6.43. The van der Waals surface area contributed by atoms with Gasteiger partial charge in [-0.25, -0.2) is 0 Å². The first-order valence-corrected chi connectivity index (χ1v) is 22.0. The van der Waals surface area contributed by atoms with Crippen LogP contribution in [0.5, 0.6) is 11.5 Å². The molecule has 0 amide bonds. The number of benzene rings is 9. The molecule has 0 fully saturated rings. The third-order valence-corrected chi connectivity index (χ3v) is 14.6. The van der Waals surface area contributed by atoms with Crippen molar-refractivity contribution in [1.29, 1.82) is 0 Å². The van der Waals surface area contributed by atoms with Crippen LogP contribution in [0.1, 0.15) is 34.6 Å². The fourth-order valence-electron chi connectivity index (χ4n) is 12.1. The van der Waals surface area contributed by atoms with Gasteiger partial charge in [0.15, 0.2) is 0 Å². The molecule has 4 aliphatic rings. The van der Waals surface area contributed by atoms with E-state index < -0.39 is 5.41 Å². The Balaban J connectivity index is 1.01. The maximum Gasteiger partial charge on any atom is 0.134 e. The summed E-state index contributed by atoms with van der Waals surface area (Å²) in [5.41, 5.74) is 16.6. The molecule has 0 radical (unpaired) electrons. The van der Waals surface area contributed by atoms with Gasteiger partial charge in [0.25, 0.3) is 0 Å². The summed E-state index contributed by atoms with van der Waals surface area (Å²) in [6, 6.07) is 71.8.